The number of aromatic nitrogens is 1. The van der Waals surface area contributed by atoms with Crippen LogP contribution >= 0.6 is 11.3 Å². The Bertz CT molecular complexity index is 913. The zero-order valence-corrected chi connectivity index (χ0v) is 16.6. The number of amides is 1. The van der Waals surface area contributed by atoms with Gasteiger partial charge in [-0.25, -0.2) is 4.98 Å². The summed E-state index contributed by atoms with van der Waals surface area (Å²) in [6.07, 6.45) is 3.13. The van der Waals surface area contributed by atoms with E-state index in [2.05, 4.69) is 6.07 Å². The number of benzene rings is 2. The first-order valence-electron chi connectivity index (χ1n) is 9.47. The van der Waals surface area contributed by atoms with Gasteiger partial charge in [0.15, 0.2) is 6.61 Å². The van der Waals surface area contributed by atoms with Crippen LogP contribution in [0, 0.1) is 13.8 Å². The Morgan fingerprint density at radius 3 is 2.70 bits per heavy atom. The molecular formula is C22H24N2O2S. The van der Waals surface area contributed by atoms with Gasteiger partial charge in [0.1, 0.15) is 10.8 Å². The Balaban J connectivity index is 1.52. The van der Waals surface area contributed by atoms with Crippen molar-refractivity contribution in [2.75, 3.05) is 13.2 Å². The number of piperidine rings is 1. The zero-order chi connectivity index (χ0) is 18.8. The molecule has 4 nitrogen and oxygen atoms in total. The number of para-hydroxylation sites is 2. The van der Waals surface area contributed by atoms with Gasteiger partial charge < -0.3 is 9.64 Å². The summed E-state index contributed by atoms with van der Waals surface area (Å²) in [7, 11) is 0. The molecule has 1 aliphatic rings. The van der Waals surface area contributed by atoms with Crippen molar-refractivity contribution in [3.05, 3.63) is 58.6 Å². The molecule has 0 spiro atoms. The SMILES string of the molecule is Cc1cccc(C)c1OCC(=O)N1CCCC[C@H]1c1nc2ccccc2s1. The summed E-state index contributed by atoms with van der Waals surface area (Å²) in [6.45, 7) is 4.87. The third-order valence-electron chi connectivity index (χ3n) is 5.17. The monoisotopic (exact) mass is 380 g/mol. The summed E-state index contributed by atoms with van der Waals surface area (Å²) >= 11 is 1.70. The van der Waals surface area contributed by atoms with Gasteiger partial charge in [-0.2, -0.15) is 0 Å². The smallest absolute Gasteiger partial charge is 0.261 e. The predicted molar refractivity (Wildman–Crippen MR) is 109 cm³/mol. The van der Waals surface area contributed by atoms with E-state index in [0.29, 0.717) is 0 Å². The van der Waals surface area contributed by atoms with E-state index >= 15 is 0 Å². The Labute approximate surface area is 163 Å². The maximum absolute atomic E-state index is 13.0. The van der Waals surface area contributed by atoms with Crippen LogP contribution in [0.2, 0.25) is 0 Å². The van der Waals surface area contributed by atoms with Crippen molar-refractivity contribution in [2.45, 2.75) is 39.2 Å². The van der Waals surface area contributed by atoms with E-state index in [1.54, 1.807) is 11.3 Å². The second-order valence-corrected chi connectivity index (χ2v) is 8.19. The van der Waals surface area contributed by atoms with Crippen molar-refractivity contribution < 1.29 is 9.53 Å². The van der Waals surface area contributed by atoms with Crippen molar-refractivity contribution >= 4 is 27.5 Å². The predicted octanol–water partition coefficient (Wildman–Crippen LogP) is 5.05. The second kappa shape index (κ2) is 7.69. The van der Waals surface area contributed by atoms with E-state index in [1.807, 2.05) is 55.1 Å². The first-order valence-corrected chi connectivity index (χ1v) is 10.3. The highest BCUT2D eigenvalue weighted by Crippen LogP contribution is 2.35. The molecule has 1 aromatic heterocycles. The van der Waals surface area contributed by atoms with Crippen molar-refractivity contribution in [2.24, 2.45) is 0 Å². The number of carbonyl (C=O) groups excluding carboxylic acids is 1. The molecule has 1 aliphatic heterocycles. The van der Waals surface area contributed by atoms with Crippen molar-refractivity contribution in [1.82, 2.24) is 9.88 Å². The molecule has 140 valence electrons. The number of hydrogen-bond acceptors (Lipinski definition) is 4. The molecule has 0 saturated carbocycles. The summed E-state index contributed by atoms with van der Waals surface area (Å²) < 4.78 is 7.10. The maximum Gasteiger partial charge on any atom is 0.261 e. The number of ether oxygens (including phenoxy) is 1. The Morgan fingerprint density at radius 1 is 1.15 bits per heavy atom. The minimum Gasteiger partial charge on any atom is -0.483 e. The maximum atomic E-state index is 13.0. The molecule has 0 radical (unpaired) electrons. The van der Waals surface area contributed by atoms with Gasteiger partial charge in [-0.3, -0.25) is 4.79 Å². The van der Waals surface area contributed by atoms with E-state index in [0.717, 1.165) is 53.2 Å². The third-order valence-corrected chi connectivity index (χ3v) is 6.31. The molecule has 0 bridgehead atoms. The summed E-state index contributed by atoms with van der Waals surface area (Å²) in [5.74, 6) is 0.862. The van der Waals surface area contributed by atoms with Gasteiger partial charge in [-0.15, -0.1) is 11.3 Å². The molecule has 1 saturated heterocycles. The lowest BCUT2D eigenvalue weighted by molar-refractivity contribution is -0.137. The van der Waals surface area contributed by atoms with Crippen LogP contribution in [-0.4, -0.2) is 28.9 Å². The molecule has 0 aliphatic carbocycles. The average Bonchev–Trinajstić information content (AvgIpc) is 3.11. The second-order valence-electron chi connectivity index (χ2n) is 7.13. The van der Waals surface area contributed by atoms with Crippen molar-refractivity contribution in [1.29, 1.82) is 0 Å². The number of nitrogens with zero attached hydrogens (tertiary/aromatic N) is 2. The topological polar surface area (TPSA) is 42.4 Å². The van der Waals surface area contributed by atoms with Gasteiger partial charge in [0.25, 0.3) is 5.91 Å². The van der Waals surface area contributed by atoms with E-state index in [4.69, 9.17) is 9.72 Å². The van der Waals surface area contributed by atoms with Crippen molar-refractivity contribution in [3.63, 3.8) is 0 Å². The molecule has 0 unspecified atom stereocenters. The van der Waals surface area contributed by atoms with Crippen LogP contribution in [0.5, 0.6) is 5.75 Å². The standard InChI is InChI=1S/C22H24N2O2S/c1-15-8-7-9-16(2)21(15)26-14-20(25)24-13-6-5-11-18(24)22-23-17-10-3-4-12-19(17)27-22/h3-4,7-10,12,18H,5-6,11,13-14H2,1-2H3/t18-/m0/s1. The molecule has 1 amide bonds. The van der Waals surface area contributed by atoms with E-state index in [-0.39, 0.29) is 18.6 Å². The third kappa shape index (κ3) is 3.69. The Hall–Kier alpha value is -2.40. The molecule has 2 heterocycles. The van der Waals surface area contributed by atoms with Crippen LogP contribution in [0.15, 0.2) is 42.5 Å². The highest BCUT2D eigenvalue weighted by Gasteiger charge is 2.30. The highest BCUT2D eigenvalue weighted by molar-refractivity contribution is 7.18. The normalized spacial score (nSPS) is 17.3. The fourth-order valence-corrected chi connectivity index (χ4v) is 4.88. The number of rotatable bonds is 4. The number of likely N-dealkylation sites (tertiary alicyclic amines) is 1. The first kappa shape index (κ1) is 18.0. The molecule has 1 fully saturated rings. The quantitative estimate of drug-likeness (QED) is 0.636. The van der Waals surface area contributed by atoms with Crippen LogP contribution in [0.1, 0.15) is 41.4 Å². The fourth-order valence-electron chi connectivity index (χ4n) is 3.76. The lowest BCUT2D eigenvalue weighted by atomic mass is 10.0. The molecule has 2 aromatic carbocycles. The minimum atomic E-state index is 0.0432. The number of thiazole rings is 1. The van der Waals surface area contributed by atoms with Gasteiger partial charge in [-0.05, 0) is 56.4 Å². The van der Waals surface area contributed by atoms with Crippen LogP contribution < -0.4 is 4.74 Å². The summed E-state index contributed by atoms with van der Waals surface area (Å²) in [5.41, 5.74) is 3.13. The first-order chi connectivity index (χ1) is 13.1. The molecule has 0 N–H and O–H groups in total. The summed E-state index contributed by atoms with van der Waals surface area (Å²) in [5, 5.41) is 1.04. The van der Waals surface area contributed by atoms with Gasteiger partial charge in [0.05, 0.1) is 16.3 Å². The Kier molecular flexibility index (Phi) is 5.12. The van der Waals surface area contributed by atoms with Crippen molar-refractivity contribution in [3.8, 4) is 5.75 Å². The summed E-state index contributed by atoms with van der Waals surface area (Å²) in [6, 6.07) is 14.3. The molecule has 5 heteroatoms. The summed E-state index contributed by atoms with van der Waals surface area (Å²) in [4.78, 5) is 19.7. The van der Waals surface area contributed by atoms with Crippen LogP contribution in [-0.2, 0) is 4.79 Å². The number of carbonyl (C=O) groups is 1. The highest BCUT2D eigenvalue weighted by atomic mass is 32.1. The van der Waals surface area contributed by atoms with Gasteiger partial charge in [0.2, 0.25) is 0 Å². The van der Waals surface area contributed by atoms with E-state index in [9.17, 15) is 4.79 Å². The largest absolute Gasteiger partial charge is 0.483 e. The number of hydrogen-bond donors (Lipinski definition) is 0. The van der Waals surface area contributed by atoms with Gasteiger partial charge >= 0.3 is 0 Å². The number of aryl methyl sites for hydroxylation is 2. The molecule has 4 rings (SSSR count). The lowest BCUT2D eigenvalue weighted by Gasteiger charge is -2.34. The molecule has 27 heavy (non-hydrogen) atoms. The van der Waals surface area contributed by atoms with Crippen LogP contribution in [0.25, 0.3) is 10.2 Å². The molecular weight excluding hydrogens is 356 g/mol. The van der Waals surface area contributed by atoms with Gasteiger partial charge in [0, 0.05) is 6.54 Å². The average molecular weight is 381 g/mol. The lowest BCUT2D eigenvalue weighted by Crippen LogP contribution is -2.41. The van der Waals surface area contributed by atoms with Gasteiger partial charge in [-0.1, -0.05) is 30.3 Å². The minimum absolute atomic E-state index is 0.0432. The molecule has 1 atom stereocenters. The zero-order valence-electron chi connectivity index (χ0n) is 15.8. The number of fused-ring (bicyclic) bond motifs is 1. The van der Waals surface area contributed by atoms with E-state index < -0.39 is 0 Å². The molecule has 3 aromatic rings. The fraction of sp³-hybridized carbons (Fsp3) is 0.364. The van der Waals surface area contributed by atoms with Crippen LogP contribution in [0.3, 0.4) is 0 Å². The van der Waals surface area contributed by atoms with Crippen LogP contribution in [0.4, 0.5) is 0 Å². The van der Waals surface area contributed by atoms with E-state index in [1.165, 1.54) is 4.70 Å². The Morgan fingerprint density at radius 2 is 1.93 bits per heavy atom.